The standard InChI is InChI=1S/C23H33NO4S2/c1-23(2,3)29(25,26)19-11-6-4-5-8-12-20-15-17-21(18-16-20)24-30(27,28)22-13-9-7-10-14-22/h7,9-10,13-18,24H,4-6,8,11-12,19H2,1-3H3. The van der Waals surface area contributed by atoms with E-state index in [9.17, 15) is 16.8 Å². The van der Waals surface area contributed by atoms with Crippen LogP contribution in [0.15, 0.2) is 59.5 Å². The summed E-state index contributed by atoms with van der Waals surface area (Å²) in [6.45, 7) is 5.25. The third-order valence-corrected chi connectivity index (χ3v) is 9.16. The molecule has 0 bridgehead atoms. The lowest BCUT2D eigenvalue weighted by atomic mass is 10.1. The van der Waals surface area contributed by atoms with Crippen molar-refractivity contribution in [3.05, 3.63) is 60.2 Å². The van der Waals surface area contributed by atoms with E-state index >= 15 is 0 Å². The minimum absolute atomic E-state index is 0.240. The summed E-state index contributed by atoms with van der Waals surface area (Å²) in [6, 6.07) is 15.8. The molecular weight excluding hydrogens is 418 g/mol. The van der Waals surface area contributed by atoms with Crippen LogP contribution in [0.2, 0.25) is 0 Å². The zero-order valence-corrected chi connectivity index (χ0v) is 19.7. The van der Waals surface area contributed by atoms with Crippen LogP contribution in [0.25, 0.3) is 0 Å². The Morgan fingerprint density at radius 1 is 0.733 bits per heavy atom. The Bertz CT molecular complexity index is 991. The molecule has 0 spiro atoms. The van der Waals surface area contributed by atoms with E-state index in [2.05, 4.69) is 4.72 Å². The first-order chi connectivity index (χ1) is 14.0. The Hall–Kier alpha value is -1.86. The fraction of sp³-hybridized carbons (Fsp3) is 0.478. The highest BCUT2D eigenvalue weighted by molar-refractivity contribution is 7.93. The van der Waals surface area contributed by atoms with Crippen molar-refractivity contribution in [2.75, 3.05) is 10.5 Å². The fourth-order valence-corrected chi connectivity index (χ4v) is 5.29. The topological polar surface area (TPSA) is 80.3 Å². The van der Waals surface area contributed by atoms with Gasteiger partial charge in [0.15, 0.2) is 9.84 Å². The molecule has 0 saturated carbocycles. The van der Waals surface area contributed by atoms with Crippen LogP contribution in [0.1, 0.15) is 58.4 Å². The van der Waals surface area contributed by atoms with Crippen molar-refractivity contribution in [2.45, 2.75) is 68.9 Å². The minimum Gasteiger partial charge on any atom is -0.280 e. The third-order valence-electron chi connectivity index (χ3n) is 5.07. The lowest BCUT2D eigenvalue weighted by Crippen LogP contribution is -2.30. The van der Waals surface area contributed by atoms with Crippen LogP contribution in [0.5, 0.6) is 0 Å². The second-order valence-electron chi connectivity index (χ2n) is 8.56. The molecule has 7 heteroatoms. The van der Waals surface area contributed by atoms with Gasteiger partial charge in [-0.05, 0) is 69.9 Å². The normalized spacial score (nSPS) is 12.6. The van der Waals surface area contributed by atoms with Crippen LogP contribution in [0, 0.1) is 0 Å². The molecule has 0 heterocycles. The van der Waals surface area contributed by atoms with Gasteiger partial charge in [-0.3, -0.25) is 4.72 Å². The van der Waals surface area contributed by atoms with E-state index in [1.807, 2.05) is 12.1 Å². The smallest absolute Gasteiger partial charge is 0.261 e. The van der Waals surface area contributed by atoms with Crippen molar-refractivity contribution >= 4 is 25.5 Å². The second-order valence-corrected chi connectivity index (χ2v) is 13.1. The van der Waals surface area contributed by atoms with Gasteiger partial charge >= 0.3 is 0 Å². The van der Waals surface area contributed by atoms with Gasteiger partial charge in [0, 0.05) is 5.69 Å². The van der Waals surface area contributed by atoms with E-state index < -0.39 is 24.6 Å². The zero-order valence-electron chi connectivity index (χ0n) is 18.1. The molecule has 0 unspecified atom stereocenters. The molecule has 5 nitrogen and oxygen atoms in total. The van der Waals surface area contributed by atoms with Crippen molar-refractivity contribution in [1.82, 2.24) is 0 Å². The van der Waals surface area contributed by atoms with Crippen LogP contribution < -0.4 is 4.72 Å². The predicted molar refractivity (Wildman–Crippen MR) is 124 cm³/mol. The van der Waals surface area contributed by atoms with Crippen molar-refractivity contribution in [3.8, 4) is 0 Å². The maximum atomic E-state index is 12.4. The average Bonchev–Trinajstić information content (AvgIpc) is 2.68. The zero-order chi connectivity index (χ0) is 22.3. The number of nitrogens with one attached hydrogen (secondary N) is 1. The number of benzene rings is 2. The average molecular weight is 452 g/mol. The molecule has 0 atom stereocenters. The minimum atomic E-state index is -3.57. The number of unbranched alkanes of at least 4 members (excludes halogenated alkanes) is 4. The van der Waals surface area contributed by atoms with E-state index in [0.717, 1.165) is 44.1 Å². The largest absolute Gasteiger partial charge is 0.280 e. The highest BCUT2D eigenvalue weighted by Gasteiger charge is 2.27. The van der Waals surface area contributed by atoms with Crippen molar-refractivity contribution < 1.29 is 16.8 Å². The molecule has 0 fully saturated rings. The van der Waals surface area contributed by atoms with Gasteiger partial charge in [0.2, 0.25) is 0 Å². The summed E-state index contributed by atoms with van der Waals surface area (Å²) in [5.41, 5.74) is 1.70. The SMILES string of the molecule is CC(C)(C)S(=O)(=O)CCCCCCCc1ccc(NS(=O)(=O)c2ccccc2)cc1. The van der Waals surface area contributed by atoms with Gasteiger partial charge in [0.05, 0.1) is 15.4 Å². The predicted octanol–water partition coefficient (Wildman–Crippen LogP) is 5.19. The maximum Gasteiger partial charge on any atom is 0.261 e. The number of sulfone groups is 1. The molecule has 0 aliphatic heterocycles. The van der Waals surface area contributed by atoms with Crippen LogP contribution in [-0.2, 0) is 26.3 Å². The monoisotopic (exact) mass is 451 g/mol. The Balaban J connectivity index is 1.70. The number of sulfonamides is 1. The molecule has 2 aromatic carbocycles. The van der Waals surface area contributed by atoms with E-state index in [1.165, 1.54) is 0 Å². The summed E-state index contributed by atoms with van der Waals surface area (Å²) in [5.74, 6) is 0.261. The first kappa shape index (κ1) is 24.4. The van der Waals surface area contributed by atoms with Crippen molar-refractivity contribution in [1.29, 1.82) is 0 Å². The molecule has 166 valence electrons. The molecule has 2 aromatic rings. The third kappa shape index (κ3) is 7.43. The Morgan fingerprint density at radius 2 is 1.30 bits per heavy atom. The highest BCUT2D eigenvalue weighted by atomic mass is 32.2. The molecule has 30 heavy (non-hydrogen) atoms. The first-order valence-electron chi connectivity index (χ1n) is 10.4. The molecule has 0 radical (unpaired) electrons. The Labute approximate surface area is 181 Å². The van der Waals surface area contributed by atoms with Crippen molar-refractivity contribution in [3.63, 3.8) is 0 Å². The first-order valence-corrected chi connectivity index (χ1v) is 13.5. The Morgan fingerprint density at radius 3 is 1.90 bits per heavy atom. The summed E-state index contributed by atoms with van der Waals surface area (Å²) in [7, 11) is -6.59. The molecule has 1 N–H and O–H groups in total. The number of hydrogen-bond donors (Lipinski definition) is 1. The quantitative estimate of drug-likeness (QED) is 0.477. The summed E-state index contributed by atoms with van der Waals surface area (Å²) in [6.07, 6.45) is 5.67. The van der Waals surface area contributed by atoms with E-state index in [4.69, 9.17) is 0 Å². The van der Waals surface area contributed by atoms with Gasteiger partial charge in [-0.25, -0.2) is 16.8 Å². The summed E-state index contributed by atoms with van der Waals surface area (Å²) < 4.78 is 50.8. The van der Waals surface area contributed by atoms with E-state index in [0.29, 0.717) is 5.69 Å². The van der Waals surface area contributed by atoms with Gasteiger partial charge in [0.25, 0.3) is 10.0 Å². The van der Waals surface area contributed by atoms with E-state index in [-0.39, 0.29) is 10.6 Å². The summed E-state index contributed by atoms with van der Waals surface area (Å²) in [4.78, 5) is 0.240. The number of anilines is 1. The molecule has 0 aliphatic carbocycles. The van der Waals surface area contributed by atoms with Crippen LogP contribution in [0.4, 0.5) is 5.69 Å². The molecule has 0 aliphatic rings. The summed E-state index contributed by atoms with van der Waals surface area (Å²) in [5, 5.41) is 0. The van der Waals surface area contributed by atoms with Crippen LogP contribution in [-0.4, -0.2) is 27.3 Å². The lowest BCUT2D eigenvalue weighted by molar-refractivity contribution is 0.552. The fourth-order valence-electron chi connectivity index (χ4n) is 3.01. The van der Waals surface area contributed by atoms with Crippen molar-refractivity contribution in [2.24, 2.45) is 0 Å². The number of rotatable bonds is 11. The van der Waals surface area contributed by atoms with Gasteiger partial charge in [-0.15, -0.1) is 0 Å². The van der Waals surface area contributed by atoms with E-state index in [1.54, 1.807) is 63.2 Å². The number of hydrogen-bond acceptors (Lipinski definition) is 4. The summed E-state index contributed by atoms with van der Waals surface area (Å²) >= 11 is 0. The highest BCUT2D eigenvalue weighted by Crippen LogP contribution is 2.19. The molecular formula is C23H33NO4S2. The molecule has 0 amide bonds. The van der Waals surface area contributed by atoms with Gasteiger partial charge in [-0.2, -0.15) is 0 Å². The maximum absolute atomic E-state index is 12.4. The van der Waals surface area contributed by atoms with Gasteiger partial charge < -0.3 is 0 Å². The number of aryl methyl sites for hydroxylation is 1. The Kier molecular flexibility index (Phi) is 8.50. The molecule has 0 saturated heterocycles. The van der Waals surface area contributed by atoms with Gasteiger partial charge in [0.1, 0.15) is 0 Å². The lowest BCUT2D eigenvalue weighted by Gasteiger charge is -2.18. The molecule has 2 rings (SSSR count). The molecule has 0 aromatic heterocycles. The van der Waals surface area contributed by atoms with Gasteiger partial charge in [-0.1, -0.05) is 49.6 Å². The second kappa shape index (κ2) is 10.4. The van der Waals surface area contributed by atoms with Crippen LogP contribution >= 0.6 is 0 Å². The van der Waals surface area contributed by atoms with Crippen LogP contribution in [0.3, 0.4) is 0 Å².